The minimum absolute atomic E-state index is 0.00557. The number of aromatic hydroxyl groups is 3. The van der Waals surface area contributed by atoms with E-state index in [1.54, 1.807) is 0 Å². The summed E-state index contributed by atoms with van der Waals surface area (Å²) in [7, 11) is 0. The molecule has 0 bridgehead atoms. The Balaban J connectivity index is 1.75. The topological polar surface area (TPSA) is 166 Å². The van der Waals surface area contributed by atoms with Crippen LogP contribution in [0, 0.1) is 0 Å². The van der Waals surface area contributed by atoms with E-state index in [4.69, 9.17) is 14.2 Å². The van der Waals surface area contributed by atoms with Gasteiger partial charge in [0.25, 0.3) is 0 Å². The van der Waals surface area contributed by atoms with Crippen molar-refractivity contribution in [1.82, 2.24) is 0 Å². The molecule has 0 aromatic heterocycles. The van der Waals surface area contributed by atoms with Crippen molar-refractivity contribution in [3.63, 3.8) is 0 Å². The first kappa shape index (κ1) is 22.4. The SMILES string of the molecule is O=C(/C=C/c1ccc(O)c(O)c1)O[C@H]1[C@H](Oc2ccc(O)cc2)O[C@H](CO)[C@@H](O)[C@@H]1O. The van der Waals surface area contributed by atoms with E-state index in [1.807, 2.05) is 0 Å². The number of hydrogen-bond donors (Lipinski definition) is 6. The van der Waals surface area contributed by atoms with Gasteiger partial charge in [-0.2, -0.15) is 0 Å². The molecule has 5 atom stereocenters. The third-order valence-electron chi connectivity index (χ3n) is 4.58. The van der Waals surface area contributed by atoms with Crippen molar-refractivity contribution in [3.8, 4) is 23.0 Å². The molecule has 6 N–H and O–H groups in total. The monoisotopic (exact) mass is 434 g/mol. The molecular weight excluding hydrogens is 412 g/mol. The second-order valence-corrected chi connectivity index (χ2v) is 6.80. The fraction of sp³-hybridized carbons (Fsp3) is 0.286. The summed E-state index contributed by atoms with van der Waals surface area (Å²) in [5, 5.41) is 58.1. The van der Waals surface area contributed by atoms with Gasteiger partial charge in [0.15, 0.2) is 17.6 Å². The first-order valence-corrected chi connectivity index (χ1v) is 9.27. The molecule has 10 nitrogen and oxygen atoms in total. The summed E-state index contributed by atoms with van der Waals surface area (Å²) in [6, 6.07) is 9.45. The number of carbonyl (C=O) groups excluding carboxylic acids is 1. The largest absolute Gasteiger partial charge is 0.508 e. The molecule has 1 aliphatic rings. The summed E-state index contributed by atoms with van der Waals surface area (Å²) in [5.41, 5.74) is 0.393. The van der Waals surface area contributed by atoms with E-state index in [1.165, 1.54) is 48.5 Å². The molecule has 2 aromatic rings. The lowest BCUT2D eigenvalue weighted by Gasteiger charge is -2.41. The van der Waals surface area contributed by atoms with Crippen molar-refractivity contribution in [2.45, 2.75) is 30.7 Å². The summed E-state index contributed by atoms with van der Waals surface area (Å²) < 4.78 is 16.3. The van der Waals surface area contributed by atoms with Gasteiger partial charge in [-0.3, -0.25) is 0 Å². The van der Waals surface area contributed by atoms with Crippen LogP contribution in [0.1, 0.15) is 5.56 Å². The number of rotatable bonds is 6. The van der Waals surface area contributed by atoms with Crippen LogP contribution in [0.2, 0.25) is 0 Å². The van der Waals surface area contributed by atoms with E-state index >= 15 is 0 Å². The van der Waals surface area contributed by atoms with Gasteiger partial charge in [0.1, 0.15) is 29.8 Å². The molecule has 0 amide bonds. The summed E-state index contributed by atoms with van der Waals surface area (Å²) >= 11 is 0. The van der Waals surface area contributed by atoms with Crippen LogP contribution >= 0.6 is 0 Å². The summed E-state index contributed by atoms with van der Waals surface area (Å²) in [6.45, 7) is -0.613. The van der Waals surface area contributed by atoms with Crippen molar-refractivity contribution in [2.75, 3.05) is 6.61 Å². The van der Waals surface area contributed by atoms with Crippen LogP contribution in [0.25, 0.3) is 6.08 Å². The molecule has 166 valence electrons. The van der Waals surface area contributed by atoms with Gasteiger partial charge in [0.05, 0.1) is 6.61 Å². The van der Waals surface area contributed by atoms with Crippen LogP contribution in [0.5, 0.6) is 23.0 Å². The number of benzene rings is 2. The predicted octanol–water partition coefficient (Wildman–Crippen LogP) is 0.246. The zero-order valence-electron chi connectivity index (χ0n) is 16.1. The Kier molecular flexibility index (Phi) is 6.98. The highest BCUT2D eigenvalue weighted by Crippen LogP contribution is 2.28. The smallest absolute Gasteiger partial charge is 0.331 e. The number of aliphatic hydroxyl groups is 3. The van der Waals surface area contributed by atoms with Crippen LogP contribution in [0.4, 0.5) is 0 Å². The van der Waals surface area contributed by atoms with Crippen molar-refractivity contribution in [1.29, 1.82) is 0 Å². The standard InChI is InChI=1S/C21H22O10/c22-10-16-18(27)19(28)20(21(30-16)29-13-5-3-12(23)4-6-13)31-17(26)8-2-11-1-7-14(24)15(25)9-11/h1-9,16,18-25,27-28H,10H2/b8-2+/t16-,18-,19+,20-,21-/m1/s1. The van der Waals surface area contributed by atoms with Gasteiger partial charge in [-0.05, 0) is 48.0 Å². The van der Waals surface area contributed by atoms with E-state index in [0.717, 1.165) is 6.08 Å². The molecule has 1 heterocycles. The van der Waals surface area contributed by atoms with Gasteiger partial charge < -0.3 is 44.8 Å². The number of phenolic OH excluding ortho intramolecular Hbond substituents is 3. The van der Waals surface area contributed by atoms with E-state index in [2.05, 4.69) is 0 Å². The van der Waals surface area contributed by atoms with Crippen LogP contribution in [0.15, 0.2) is 48.5 Å². The van der Waals surface area contributed by atoms with Crippen molar-refractivity contribution in [2.24, 2.45) is 0 Å². The van der Waals surface area contributed by atoms with Gasteiger partial charge in [-0.25, -0.2) is 4.79 Å². The first-order valence-electron chi connectivity index (χ1n) is 9.27. The van der Waals surface area contributed by atoms with Crippen LogP contribution in [-0.2, 0) is 14.3 Å². The number of phenols is 3. The Labute approximate surface area is 176 Å². The van der Waals surface area contributed by atoms with Gasteiger partial charge in [0.2, 0.25) is 6.29 Å². The predicted molar refractivity (Wildman–Crippen MR) is 105 cm³/mol. The zero-order valence-corrected chi connectivity index (χ0v) is 16.1. The second-order valence-electron chi connectivity index (χ2n) is 6.80. The Morgan fingerprint density at radius 2 is 1.71 bits per heavy atom. The average molecular weight is 434 g/mol. The first-order chi connectivity index (χ1) is 14.8. The highest BCUT2D eigenvalue weighted by atomic mass is 16.7. The quantitative estimate of drug-likeness (QED) is 0.211. The van der Waals surface area contributed by atoms with Crippen LogP contribution in [0.3, 0.4) is 0 Å². The molecule has 0 aliphatic carbocycles. The fourth-order valence-corrected chi connectivity index (χ4v) is 2.92. The molecule has 0 radical (unpaired) electrons. The van der Waals surface area contributed by atoms with Crippen molar-refractivity contribution < 1.29 is 49.6 Å². The molecule has 0 spiro atoms. The summed E-state index contributed by atoms with van der Waals surface area (Å²) in [6.07, 6.45) is -4.83. The Morgan fingerprint density at radius 1 is 1.00 bits per heavy atom. The lowest BCUT2D eigenvalue weighted by atomic mass is 9.99. The lowest BCUT2D eigenvalue weighted by molar-refractivity contribution is -0.281. The highest BCUT2D eigenvalue weighted by molar-refractivity contribution is 5.87. The zero-order chi connectivity index (χ0) is 22.5. The Bertz CT molecular complexity index is 926. The van der Waals surface area contributed by atoms with Crippen molar-refractivity contribution >= 4 is 12.0 Å². The number of esters is 1. The van der Waals surface area contributed by atoms with E-state index in [0.29, 0.717) is 5.56 Å². The summed E-state index contributed by atoms with van der Waals surface area (Å²) in [5.74, 6) is -1.38. The van der Waals surface area contributed by atoms with E-state index in [9.17, 15) is 35.4 Å². The molecule has 1 aliphatic heterocycles. The maximum Gasteiger partial charge on any atom is 0.331 e. The normalized spacial score (nSPS) is 26.0. The third kappa shape index (κ3) is 5.44. The molecule has 3 rings (SSSR count). The lowest BCUT2D eigenvalue weighted by Crippen LogP contribution is -2.61. The number of hydrogen-bond acceptors (Lipinski definition) is 10. The maximum atomic E-state index is 12.3. The molecule has 31 heavy (non-hydrogen) atoms. The molecule has 1 fully saturated rings. The minimum atomic E-state index is -1.62. The molecule has 0 unspecified atom stereocenters. The average Bonchev–Trinajstić information content (AvgIpc) is 2.75. The van der Waals surface area contributed by atoms with Crippen LogP contribution < -0.4 is 4.74 Å². The van der Waals surface area contributed by atoms with Gasteiger partial charge >= 0.3 is 5.97 Å². The number of carbonyl (C=O) groups is 1. The van der Waals surface area contributed by atoms with Crippen LogP contribution in [-0.4, -0.2) is 73.9 Å². The van der Waals surface area contributed by atoms with Gasteiger partial charge in [0, 0.05) is 6.08 Å². The van der Waals surface area contributed by atoms with Gasteiger partial charge in [-0.1, -0.05) is 6.07 Å². The minimum Gasteiger partial charge on any atom is -0.508 e. The van der Waals surface area contributed by atoms with Gasteiger partial charge in [-0.15, -0.1) is 0 Å². The molecule has 1 saturated heterocycles. The molecule has 0 saturated carbocycles. The number of ether oxygens (including phenoxy) is 3. The van der Waals surface area contributed by atoms with Crippen molar-refractivity contribution in [3.05, 3.63) is 54.1 Å². The second kappa shape index (κ2) is 9.67. The number of aliphatic hydroxyl groups excluding tert-OH is 3. The summed E-state index contributed by atoms with van der Waals surface area (Å²) in [4.78, 5) is 12.3. The molecular formula is C21H22O10. The Hall–Kier alpha value is -3.31. The van der Waals surface area contributed by atoms with E-state index < -0.39 is 43.3 Å². The maximum absolute atomic E-state index is 12.3. The molecule has 10 heteroatoms. The fourth-order valence-electron chi connectivity index (χ4n) is 2.92. The highest BCUT2D eigenvalue weighted by Gasteiger charge is 2.47. The molecule has 2 aromatic carbocycles. The Morgan fingerprint density at radius 3 is 2.35 bits per heavy atom. The van der Waals surface area contributed by atoms with E-state index in [-0.39, 0.29) is 23.0 Å². The third-order valence-corrected chi connectivity index (χ3v) is 4.58.